The minimum atomic E-state index is -0.865. The third-order valence-corrected chi connectivity index (χ3v) is 5.42. The number of hydrogen-bond acceptors (Lipinski definition) is 3. The van der Waals surface area contributed by atoms with E-state index < -0.39 is 12.2 Å². The molecule has 1 fully saturated rings. The number of carboxylic acid groups (broad SMARTS) is 1. The van der Waals surface area contributed by atoms with Gasteiger partial charge in [0.1, 0.15) is 0 Å². The van der Waals surface area contributed by atoms with Gasteiger partial charge in [0.2, 0.25) is 0 Å². The fraction of sp³-hybridized carbons (Fsp3) is 0.444. The molecule has 0 radical (unpaired) electrons. The van der Waals surface area contributed by atoms with Crippen molar-refractivity contribution >= 4 is 6.09 Å². The largest absolute Gasteiger partial charge is 0.465 e. The Kier molecular flexibility index (Phi) is 3.76. The number of aliphatic hydroxyl groups excluding tert-OH is 1. The van der Waals surface area contributed by atoms with E-state index in [-0.39, 0.29) is 12.0 Å². The van der Waals surface area contributed by atoms with Crippen molar-refractivity contribution in [2.75, 3.05) is 13.1 Å². The Bertz CT molecular complexity index is 749. The molecular formula is C18H21N3O3. The highest BCUT2D eigenvalue weighted by atomic mass is 16.4. The second-order valence-corrected chi connectivity index (χ2v) is 6.70. The van der Waals surface area contributed by atoms with Crippen LogP contribution in [0.15, 0.2) is 36.8 Å². The van der Waals surface area contributed by atoms with E-state index in [1.165, 1.54) is 16.0 Å². The zero-order chi connectivity index (χ0) is 16.7. The van der Waals surface area contributed by atoms with Gasteiger partial charge in [-0.2, -0.15) is 0 Å². The molecule has 0 aliphatic carbocycles. The molecule has 126 valence electrons. The van der Waals surface area contributed by atoms with Crippen molar-refractivity contribution < 1.29 is 15.0 Å². The molecule has 4 rings (SSSR count). The summed E-state index contributed by atoms with van der Waals surface area (Å²) < 4.78 is 2.14. The average molecular weight is 327 g/mol. The summed E-state index contributed by atoms with van der Waals surface area (Å²) in [6.45, 7) is 1.02. The summed E-state index contributed by atoms with van der Waals surface area (Å²) in [5, 5.41) is 19.8. The van der Waals surface area contributed by atoms with E-state index >= 15 is 0 Å². The van der Waals surface area contributed by atoms with Crippen LogP contribution in [0.4, 0.5) is 4.79 Å². The van der Waals surface area contributed by atoms with Crippen molar-refractivity contribution in [3.05, 3.63) is 42.4 Å². The first kappa shape index (κ1) is 15.2. The van der Waals surface area contributed by atoms with Gasteiger partial charge in [0, 0.05) is 18.7 Å². The van der Waals surface area contributed by atoms with Crippen LogP contribution in [-0.4, -0.2) is 50.0 Å². The van der Waals surface area contributed by atoms with E-state index in [1.54, 1.807) is 0 Å². The molecule has 24 heavy (non-hydrogen) atoms. The van der Waals surface area contributed by atoms with Crippen molar-refractivity contribution in [1.82, 2.24) is 14.5 Å². The number of fused-ring (bicyclic) bond motifs is 3. The van der Waals surface area contributed by atoms with Gasteiger partial charge in [0.15, 0.2) is 0 Å². The van der Waals surface area contributed by atoms with Gasteiger partial charge in [-0.05, 0) is 30.7 Å². The number of benzene rings is 1. The molecule has 1 unspecified atom stereocenters. The maximum Gasteiger partial charge on any atom is 0.407 e. The lowest BCUT2D eigenvalue weighted by molar-refractivity contribution is 0.0469. The predicted octanol–water partition coefficient (Wildman–Crippen LogP) is 2.59. The number of nitrogens with zero attached hydrogens (tertiary/aromatic N) is 3. The van der Waals surface area contributed by atoms with Crippen LogP contribution in [0, 0.1) is 5.92 Å². The SMILES string of the molecule is O=C(O)N1CCC([C@H](O)CC2c3ccccc3-c3cncn32)CC1. The quantitative estimate of drug-likeness (QED) is 0.908. The monoisotopic (exact) mass is 327 g/mol. The normalized spacial score (nSPS) is 21.4. The fourth-order valence-corrected chi connectivity index (χ4v) is 4.07. The van der Waals surface area contributed by atoms with Crippen LogP contribution in [0.2, 0.25) is 0 Å². The van der Waals surface area contributed by atoms with Crippen LogP contribution in [0.1, 0.15) is 30.9 Å². The third kappa shape index (κ3) is 2.47. The molecule has 1 saturated heterocycles. The molecular weight excluding hydrogens is 306 g/mol. The predicted molar refractivity (Wildman–Crippen MR) is 88.7 cm³/mol. The fourth-order valence-electron chi connectivity index (χ4n) is 4.07. The molecule has 2 aromatic rings. The summed E-state index contributed by atoms with van der Waals surface area (Å²) >= 11 is 0. The lowest BCUT2D eigenvalue weighted by Crippen LogP contribution is -2.40. The van der Waals surface area contributed by atoms with Gasteiger partial charge in [0.25, 0.3) is 0 Å². The third-order valence-electron chi connectivity index (χ3n) is 5.42. The van der Waals surface area contributed by atoms with Crippen LogP contribution >= 0.6 is 0 Å². The van der Waals surface area contributed by atoms with Crippen molar-refractivity contribution in [2.24, 2.45) is 5.92 Å². The summed E-state index contributed by atoms with van der Waals surface area (Å²) in [5.41, 5.74) is 3.52. The second kappa shape index (κ2) is 5.94. The second-order valence-electron chi connectivity index (χ2n) is 6.70. The van der Waals surface area contributed by atoms with E-state index in [9.17, 15) is 9.90 Å². The highest BCUT2D eigenvalue weighted by Gasteiger charge is 2.33. The van der Waals surface area contributed by atoms with Crippen molar-refractivity contribution in [3.63, 3.8) is 0 Å². The van der Waals surface area contributed by atoms with Gasteiger partial charge in [-0.3, -0.25) is 0 Å². The Morgan fingerprint density at radius 2 is 2.04 bits per heavy atom. The van der Waals surface area contributed by atoms with Crippen molar-refractivity contribution in [1.29, 1.82) is 0 Å². The first-order chi connectivity index (χ1) is 11.6. The Morgan fingerprint density at radius 3 is 2.79 bits per heavy atom. The van der Waals surface area contributed by atoms with E-state index in [0.717, 1.165) is 18.5 Å². The van der Waals surface area contributed by atoms with Crippen LogP contribution in [0.25, 0.3) is 11.3 Å². The maximum atomic E-state index is 11.0. The summed E-state index contributed by atoms with van der Waals surface area (Å²) in [5.74, 6) is 0.153. The number of piperidine rings is 1. The number of imidazole rings is 1. The molecule has 3 heterocycles. The molecule has 0 bridgehead atoms. The van der Waals surface area contributed by atoms with Crippen LogP contribution in [0.3, 0.4) is 0 Å². The zero-order valence-electron chi connectivity index (χ0n) is 13.4. The van der Waals surface area contributed by atoms with Crippen molar-refractivity contribution in [2.45, 2.75) is 31.4 Å². The molecule has 2 aliphatic rings. The molecule has 6 nitrogen and oxygen atoms in total. The van der Waals surface area contributed by atoms with E-state index in [0.29, 0.717) is 19.5 Å². The highest BCUT2D eigenvalue weighted by molar-refractivity contribution is 5.69. The van der Waals surface area contributed by atoms with E-state index in [1.807, 2.05) is 24.7 Å². The smallest absolute Gasteiger partial charge is 0.407 e. The minimum Gasteiger partial charge on any atom is -0.465 e. The average Bonchev–Trinajstić information content (AvgIpc) is 3.18. The molecule has 0 spiro atoms. The van der Waals surface area contributed by atoms with Gasteiger partial charge < -0.3 is 19.7 Å². The van der Waals surface area contributed by atoms with Gasteiger partial charge in [-0.1, -0.05) is 24.3 Å². The zero-order valence-corrected chi connectivity index (χ0v) is 13.4. The Morgan fingerprint density at radius 1 is 1.29 bits per heavy atom. The maximum absolute atomic E-state index is 11.0. The van der Waals surface area contributed by atoms with Gasteiger partial charge in [-0.15, -0.1) is 0 Å². The number of aliphatic hydroxyl groups is 1. The van der Waals surface area contributed by atoms with E-state index in [2.05, 4.69) is 21.7 Å². The summed E-state index contributed by atoms with van der Waals surface area (Å²) in [4.78, 5) is 16.7. The molecule has 1 aromatic carbocycles. The molecule has 2 atom stereocenters. The lowest BCUT2D eigenvalue weighted by Gasteiger charge is -2.33. The summed E-state index contributed by atoms with van der Waals surface area (Å²) in [6, 6.07) is 8.37. The number of amides is 1. The molecule has 2 N–H and O–H groups in total. The van der Waals surface area contributed by atoms with Gasteiger partial charge >= 0.3 is 6.09 Å². The number of rotatable bonds is 3. The number of aromatic nitrogens is 2. The van der Waals surface area contributed by atoms with Gasteiger partial charge in [-0.25, -0.2) is 9.78 Å². The molecule has 6 heteroatoms. The van der Waals surface area contributed by atoms with Crippen LogP contribution in [-0.2, 0) is 0 Å². The minimum absolute atomic E-state index is 0.103. The lowest BCUT2D eigenvalue weighted by atomic mass is 9.86. The van der Waals surface area contributed by atoms with Crippen molar-refractivity contribution in [3.8, 4) is 11.3 Å². The van der Waals surface area contributed by atoms with Crippen LogP contribution in [0.5, 0.6) is 0 Å². The standard InChI is InChI=1S/C18H21N3O3/c22-17(12-5-7-20(8-6-12)18(23)24)9-15-13-3-1-2-4-14(13)16-10-19-11-21(15)16/h1-4,10-12,15,17,22H,5-9H2,(H,23,24)/t15?,17-/m1/s1. The highest BCUT2D eigenvalue weighted by Crippen LogP contribution is 2.42. The number of likely N-dealkylation sites (tertiary alicyclic amines) is 1. The van der Waals surface area contributed by atoms with Gasteiger partial charge in [0.05, 0.1) is 30.4 Å². The first-order valence-electron chi connectivity index (χ1n) is 8.42. The Labute approximate surface area is 140 Å². The topological polar surface area (TPSA) is 78.6 Å². The number of hydrogen-bond donors (Lipinski definition) is 2. The summed E-state index contributed by atoms with van der Waals surface area (Å²) in [7, 11) is 0. The molecule has 2 aliphatic heterocycles. The van der Waals surface area contributed by atoms with E-state index in [4.69, 9.17) is 5.11 Å². The Hall–Kier alpha value is -2.34. The van der Waals surface area contributed by atoms with Crippen LogP contribution < -0.4 is 0 Å². The Balaban J connectivity index is 1.49. The number of carbonyl (C=O) groups is 1. The molecule has 1 amide bonds. The molecule has 1 aromatic heterocycles. The molecule has 0 saturated carbocycles. The first-order valence-corrected chi connectivity index (χ1v) is 8.42. The summed E-state index contributed by atoms with van der Waals surface area (Å²) in [6.07, 6.45) is 4.48.